The first-order valence-corrected chi connectivity index (χ1v) is 11.3. The molecule has 2 heterocycles. The van der Waals surface area contributed by atoms with Crippen LogP contribution >= 0.6 is 23.1 Å². The molecule has 1 aromatic carbocycles. The average molecular weight is 401 g/mol. The van der Waals surface area contributed by atoms with Crippen molar-refractivity contribution in [3.05, 3.63) is 45.1 Å². The van der Waals surface area contributed by atoms with E-state index in [1.54, 1.807) is 34.8 Å². The molecule has 6 heteroatoms. The van der Waals surface area contributed by atoms with E-state index in [-0.39, 0.29) is 5.56 Å². The highest BCUT2D eigenvalue weighted by Gasteiger charge is 2.25. The number of methoxy groups -OCH3 is 1. The highest BCUT2D eigenvalue weighted by atomic mass is 32.2. The van der Waals surface area contributed by atoms with Gasteiger partial charge in [-0.3, -0.25) is 9.36 Å². The molecule has 0 N–H and O–H groups in total. The largest absolute Gasteiger partial charge is 0.497 e. The monoisotopic (exact) mass is 400 g/mol. The molecular weight excluding hydrogens is 376 g/mol. The van der Waals surface area contributed by atoms with Crippen molar-refractivity contribution in [3.8, 4) is 11.4 Å². The first-order chi connectivity index (χ1) is 13.1. The van der Waals surface area contributed by atoms with Crippen LogP contribution in [-0.4, -0.2) is 22.4 Å². The van der Waals surface area contributed by atoms with E-state index in [9.17, 15) is 4.79 Å². The number of aryl methyl sites for hydroxylation is 1. The number of hydrogen-bond acceptors (Lipinski definition) is 5. The second-order valence-corrected chi connectivity index (χ2v) is 9.26. The third kappa shape index (κ3) is 3.41. The summed E-state index contributed by atoms with van der Waals surface area (Å²) in [6, 6.07) is 7.66. The van der Waals surface area contributed by atoms with Gasteiger partial charge in [0.15, 0.2) is 5.16 Å². The number of rotatable bonds is 5. The Bertz CT molecular complexity index is 1020. The van der Waals surface area contributed by atoms with Gasteiger partial charge in [-0.1, -0.05) is 25.6 Å². The van der Waals surface area contributed by atoms with Crippen molar-refractivity contribution in [1.29, 1.82) is 0 Å². The molecule has 0 unspecified atom stereocenters. The van der Waals surface area contributed by atoms with Gasteiger partial charge in [-0.25, -0.2) is 4.98 Å². The maximum Gasteiger partial charge on any atom is 0.267 e. The molecule has 0 fully saturated rings. The standard InChI is InChI=1S/C21H24N2O2S2/c1-4-11-26-21-22-19-18(16-10-5-13(2)12-17(16)27-19)20(24)23(21)14-6-8-15(25-3)9-7-14/h6-9,13H,4-5,10-12H2,1-3H3/t13-/m0/s1. The lowest BCUT2D eigenvalue weighted by molar-refractivity contribution is 0.414. The molecule has 4 nitrogen and oxygen atoms in total. The SMILES string of the molecule is CCCSc1nc2sc3c(c2c(=O)n1-c1ccc(OC)cc1)CC[C@H](C)C3. The normalized spacial score (nSPS) is 16.5. The number of thioether (sulfide) groups is 1. The fraction of sp³-hybridized carbons (Fsp3) is 0.429. The number of thiophene rings is 1. The van der Waals surface area contributed by atoms with Crippen LogP contribution in [0.2, 0.25) is 0 Å². The molecule has 0 bridgehead atoms. The van der Waals surface area contributed by atoms with Crippen LogP contribution in [0.3, 0.4) is 0 Å². The number of benzene rings is 1. The Kier molecular flexibility index (Phi) is 5.28. The third-order valence-electron chi connectivity index (χ3n) is 5.06. The van der Waals surface area contributed by atoms with Gasteiger partial charge >= 0.3 is 0 Å². The smallest absolute Gasteiger partial charge is 0.267 e. The summed E-state index contributed by atoms with van der Waals surface area (Å²) in [5, 5.41) is 1.62. The highest BCUT2D eigenvalue weighted by Crippen LogP contribution is 2.37. The van der Waals surface area contributed by atoms with Crippen molar-refractivity contribution in [2.45, 2.75) is 44.7 Å². The highest BCUT2D eigenvalue weighted by molar-refractivity contribution is 7.99. The van der Waals surface area contributed by atoms with Crippen molar-refractivity contribution in [2.75, 3.05) is 12.9 Å². The van der Waals surface area contributed by atoms with Crippen LogP contribution in [0.25, 0.3) is 15.9 Å². The topological polar surface area (TPSA) is 44.1 Å². The molecule has 1 aliphatic rings. The summed E-state index contributed by atoms with van der Waals surface area (Å²) in [6.45, 7) is 4.44. The molecule has 4 rings (SSSR count). The first-order valence-electron chi connectivity index (χ1n) is 9.47. The number of nitrogens with zero attached hydrogens (tertiary/aromatic N) is 2. The molecule has 0 amide bonds. The summed E-state index contributed by atoms with van der Waals surface area (Å²) in [4.78, 5) is 20.8. The fourth-order valence-electron chi connectivity index (χ4n) is 3.62. The van der Waals surface area contributed by atoms with E-state index < -0.39 is 0 Å². The third-order valence-corrected chi connectivity index (χ3v) is 7.36. The lowest BCUT2D eigenvalue weighted by atomic mass is 9.89. The maximum absolute atomic E-state index is 13.6. The lowest BCUT2D eigenvalue weighted by Crippen LogP contribution is -2.22. The first kappa shape index (κ1) is 18.6. The summed E-state index contributed by atoms with van der Waals surface area (Å²) in [5.74, 6) is 2.41. The minimum Gasteiger partial charge on any atom is -0.497 e. The van der Waals surface area contributed by atoms with Crippen molar-refractivity contribution in [2.24, 2.45) is 5.92 Å². The molecule has 142 valence electrons. The quantitative estimate of drug-likeness (QED) is 0.442. The zero-order chi connectivity index (χ0) is 19.0. The van der Waals surface area contributed by atoms with Gasteiger partial charge in [-0.05, 0) is 61.4 Å². The lowest BCUT2D eigenvalue weighted by Gasteiger charge is -2.18. The predicted molar refractivity (Wildman–Crippen MR) is 114 cm³/mol. The van der Waals surface area contributed by atoms with Crippen LogP contribution in [0, 0.1) is 5.92 Å². The molecule has 0 aliphatic heterocycles. The zero-order valence-corrected chi connectivity index (χ0v) is 17.6. The molecule has 27 heavy (non-hydrogen) atoms. The molecule has 0 radical (unpaired) electrons. The second kappa shape index (κ2) is 7.68. The predicted octanol–water partition coefficient (Wildman–Crippen LogP) is 5.08. The fourth-order valence-corrected chi connectivity index (χ4v) is 5.91. The summed E-state index contributed by atoms with van der Waals surface area (Å²) in [6.07, 6.45) is 4.24. The van der Waals surface area contributed by atoms with Gasteiger partial charge < -0.3 is 4.74 Å². The molecule has 0 spiro atoms. The van der Waals surface area contributed by atoms with E-state index in [1.165, 1.54) is 10.4 Å². The van der Waals surface area contributed by atoms with Gasteiger partial charge in [-0.15, -0.1) is 11.3 Å². The molecular formula is C21H24N2O2S2. The molecule has 0 saturated carbocycles. The second-order valence-electron chi connectivity index (χ2n) is 7.11. The van der Waals surface area contributed by atoms with Crippen LogP contribution in [-0.2, 0) is 12.8 Å². The van der Waals surface area contributed by atoms with Crippen LogP contribution in [0.4, 0.5) is 0 Å². The Labute approximate surface area is 167 Å². The van der Waals surface area contributed by atoms with Gasteiger partial charge in [-0.2, -0.15) is 0 Å². The Hall–Kier alpha value is -1.79. The molecule has 3 aromatic rings. The van der Waals surface area contributed by atoms with Crippen LogP contribution < -0.4 is 10.3 Å². The van der Waals surface area contributed by atoms with Crippen LogP contribution in [0.15, 0.2) is 34.2 Å². The summed E-state index contributed by atoms with van der Waals surface area (Å²) >= 11 is 3.37. The van der Waals surface area contributed by atoms with Crippen molar-refractivity contribution >= 4 is 33.3 Å². The molecule has 0 saturated heterocycles. The molecule has 1 aliphatic carbocycles. The average Bonchev–Trinajstić information content (AvgIpc) is 3.04. The van der Waals surface area contributed by atoms with Crippen molar-refractivity contribution in [1.82, 2.24) is 9.55 Å². The van der Waals surface area contributed by atoms with E-state index in [2.05, 4.69) is 13.8 Å². The van der Waals surface area contributed by atoms with Crippen LogP contribution in [0.1, 0.15) is 37.1 Å². The van der Waals surface area contributed by atoms with E-state index in [0.717, 1.165) is 58.2 Å². The summed E-state index contributed by atoms with van der Waals surface area (Å²) in [7, 11) is 1.65. The van der Waals surface area contributed by atoms with Crippen molar-refractivity contribution in [3.63, 3.8) is 0 Å². The maximum atomic E-state index is 13.6. The summed E-state index contributed by atoms with van der Waals surface area (Å²) < 4.78 is 7.05. The van der Waals surface area contributed by atoms with Gasteiger partial charge in [0.1, 0.15) is 10.6 Å². The Morgan fingerprint density at radius 1 is 1.33 bits per heavy atom. The molecule has 1 atom stereocenters. The van der Waals surface area contributed by atoms with Gasteiger partial charge in [0.05, 0.1) is 18.2 Å². The summed E-state index contributed by atoms with van der Waals surface area (Å²) in [5.41, 5.74) is 2.15. The Morgan fingerprint density at radius 3 is 2.81 bits per heavy atom. The van der Waals surface area contributed by atoms with Gasteiger partial charge in [0.25, 0.3) is 5.56 Å². The minimum absolute atomic E-state index is 0.0656. The van der Waals surface area contributed by atoms with Gasteiger partial charge in [0, 0.05) is 10.6 Å². The minimum atomic E-state index is 0.0656. The van der Waals surface area contributed by atoms with E-state index in [0.29, 0.717) is 5.92 Å². The number of ether oxygens (including phenoxy) is 1. The van der Waals surface area contributed by atoms with Gasteiger partial charge in [0.2, 0.25) is 0 Å². The van der Waals surface area contributed by atoms with Crippen LogP contribution in [0.5, 0.6) is 5.75 Å². The number of fused-ring (bicyclic) bond motifs is 3. The Morgan fingerprint density at radius 2 is 2.11 bits per heavy atom. The zero-order valence-electron chi connectivity index (χ0n) is 15.9. The van der Waals surface area contributed by atoms with E-state index >= 15 is 0 Å². The van der Waals surface area contributed by atoms with E-state index in [1.807, 2.05) is 24.3 Å². The molecule has 2 aromatic heterocycles. The Balaban J connectivity index is 1.93. The van der Waals surface area contributed by atoms with Crippen molar-refractivity contribution < 1.29 is 4.74 Å². The number of hydrogen-bond donors (Lipinski definition) is 0. The van der Waals surface area contributed by atoms with E-state index in [4.69, 9.17) is 9.72 Å². The number of aromatic nitrogens is 2.